The van der Waals surface area contributed by atoms with Gasteiger partial charge in [0.1, 0.15) is 11.6 Å². The first-order chi connectivity index (χ1) is 12.5. The number of methoxy groups -OCH3 is 1. The Hall–Kier alpha value is -2.89. The molecule has 0 saturated carbocycles. The summed E-state index contributed by atoms with van der Waals surface area (Å²) in [4.78, 5) is 24.0. The molecule has 0 unspecified atom stereocenters. The number of carbonyl (C=O) groups is 2. The van der Waals surface area contributed by atoms with Gasteiger partial charge in [-0.05, 0) is 42.7 Å². The molecule has 0 saturated heterocycles. The lowest BCUT2D eigenvalue weighted by atomic mass is 10.1. The maximum absolute atomic E-state index is 12.8. The Morgan fingerprint density at radius 2 is 1.81 bits per heavy atom. The fourth-order valence-electron chi connectivity index (χ4n) is 2.39. The second-order valence-corrected chi connectivity index (χ2v) is 5.79. The first-order valence-electron chi connectivity index (χ1n) is 8.33. The van der Waals surface area contributed by atoms with Crippen LogP contribution in [0.3, 0.4) is 0 Å². The summed E-state index contributed by atoms with van der Waals surface area (Å²) in [6.45, 7) is 1.75. The van der Waals surface area contributed by atoms with Gasteiger partial charge in [0.15, 0.2) is 6.10 Å². The monoisotopic (exact) mass is 359 g/mol. The molecule has 1 N–H and O–H groups in total. The van der Waals surface area contributed by atoms with E-state index in [-0.39, 0.29) is 18.8 Å². The topological polar surface area (TPSA) is 64.6 Å². The summed E-state index contributed by atoms with van der Waals surface area (Å²) in [6.07, 6.45) is -0.288. The lowest BCUT2D eigenvalue weighted by Gasteiger charge is -2.14. The third-order valence-corrected chi connectivity index (χ3v) is 3.85. The lowest BCUT2D eigenvalue weighted by Crippen LogP contribution is -2.35. The third-order valence-electron chi connectivity index (χ3n) is 3.85. The summed E-state index contributed by atoms with van der Waals surface area (Å²) < 4.78 is 23.2. The van der Waals surface area contributed by atoms with Crippen molar-refractivity contribution < 1.29 is 23.5 Å². The molecule has 1 amide bonds. The van der Waals surface area contributed by atoms with E-state index in [1.165, 1.54) is 19.1 Å². The van der Waals surface area contributed by atoms with Crippen LogP contribution < -0.4 is 10.1 Å². The molecule has 0 bridgehead atoms. The quantitative estimate of drug-likeness (QED) is 0.736. The fraction of sp³-hybridized carbons (Fsp3) is 0.300. The number of hydrogen-bond acceptors (Lipinski definition) is 4. The van der Waals surface area contributed by atoms with Crippen LogP contribution in [0.1, 0.15) is 24.5 Å². The maximum Gasteiger partial charge on any atom is 0.306 e. The molecular weight excluding hydrogens is 337 g/mol. The van der Waals surface area contributed by atoms with Gasteiger partial charge in [0, 0.05) is 13.0 Å². The predicted octanol–water partition coefficient (Wildman–Crippen LogP) is 3.02. The molecule has 0 radical (unpaired) electrons. The smallest absolute Gasteiger partial charge is 0.306 e. The first-order valence-corrected chi connectivity index (χ1v) is 8.33. The highest BCUT2D eigenvalue weighted by atomic mass is 19.1. The van der Waals surface area contributed by atoms with Crippen LogP contribution in [0, 0.1) is 5.82 Å². The molecule has 138 valence electrons. The molecule has 5 nitrogen and oxygen atoms in total. The van der Waals surface area contributed by atoms with Crippen molar-refractivity contribution in [3.05, 3.63) is 65.5 Å². The second kappa shape index (κ2) is 9.56. The van der Waals surface area contributed by atoms with Crippen LogP contribution in [-0.4, -0.2) is 25.1 Å². The summed E-state index contributed by atoms with van der Waals surface area (Å²) in [5.41, 5.74) is 1.66. The van der Waals surface area contributed by atoms with E-state index in [0.717, 1.165) is 11.1 Å². The zero-order valence-electron chi connectivity index (χ0n) is 14.8. The van der Waals surface area contributed by atoms with Gasteiger partial charge in [0.25, 0.3) is 5.91 Å². The van der Waals surface area contributed by atoms with Gasteiger partial charge < -0.3 is 14.8 Å². The number of hydrogen-bond donors (Lipinski definition) is 1. The normalized spacial score (nSPS) is 11.5. The average molecular weight is 359 g/mol. The van der Waals surface area contributed by atoms with Crippen molar-refractivity contribution in [2.75, 3.05) is 7.11 Å². The van der Waals surface area contributed by atoms with Gasteiger partial charge in [0.2, 0.25) is 0 Å². The van der Waals surface area contributed by atoms with Crippen LogP contribution in [0.4, 0.5) is 4.39 Å². The van der Waals surface area contributed by atoms with Crippen molar-refractivity contribution in [1.82, 2.24) is 5.32 Å². The molecule has 0 aliphatic heterocycles. The number of aryl methyl sites for hydroxylation is 1. The van der Waals surface area contributed by atoms with E-state index < -0.39 is 18.0 Å². The predicted molar refractivity (Wildman–Crippen MR) is 95.1 cm³/mol. The summed E-state index contributed by atoms with van der Waals surface area (Å²) in [5, 5.41) is 2.66. The Morgan fingerprint density at radius 3 is 2.50 bits per heavy atom. The second-order valence-electron chi connectivity index (χ2n) is 5.79. The Kier molecular flexibility index (Phi) is 7.14. The van der Waals surface area contributed by atoms with Gasteiger partial charge in [-0.3, -0.25) is 9.59 Å². The van der Waals surface area contributed by atoms with Gasteiger partial charge in [-0.15, -0.1) is 0 Å². The summed E-state index contributed by atoms with van der Waals surface area (Å²) >= 11 is 0. The van der Waals surface area contributed by atoms with E-state index in [9.17, 15) is 14.0 Å². The SMILES string of the molecule is COc1ccccc1CCC(=O)O[C@H](C)C(=O)NCc1ccc(F)cc1. The van der Waals surface area contributed by atoms with E-state index in [1.807, 2.05) is 24.3 Å². The molecule has 0 heterocycles. The molecule has 0 aliphatic rings. The molecular formula is C20H22FNO4. The molecule has 0 fully saturated rings. The highest BCUT2D eigenvalue weighted by Gasteiger charge is 2.17. The first kappa shape index (κ1) is 19.4. The van der Waals surface area contributed by atoms with E-state index in [4.69, 9.17) is 9.47 Å². The number of halogens is 1. The highest BCUT2D eigenvalue weighted by Crippen LogP contribution is 2.19. The van der Waals surface area contributed by atoms with Gasteiger partial charge in [-0.25, -0.2) is 4.39 Å². The van der Waals surface area contributed by atoms with Crippen molar-refractivity contribution in [2.24, 2.45) is 0 Å². The van der Waals surface area contributed by atoms with Crippen LogP contribution in [-0.2, 0) is 27.3 Å². The van der Waals surface area contributed by atoms with Crippen LogP contribution in [0.5, 0.6) is 5.75 Å². The Morgan fingerprint density at radius 1 is 1.12 bits per heavy atom. The highest BCUT2D eigenvalue weighted by molar-refractivity contribution is 5.83. The van der Waals surface area contributed by atoms with Crippen LogP contribution in [0.25, 0.3) is 0 Å². The minimum absolute atomic E-state index is 0.149. The zero-order chi connectivity index (χ0) is 18.9. The molecule has 0 spiro atoms. The summed E-state index contributed by atoms with van der Waals surface area (Å²) in [5.74, 6) is -0.483. The van der Waals surface area contributed by atoms with Crippen molar-refractivity contribution in [2.45, 2.75) is 32.4 Å². The fourth-order valence-corrected chi connectivity index (χ4v) is 2.39. The van der Waals surface area contributed by atoms with Crippen molar-refractivity contribution in [3.8, 4) is 5.75 Å². The largest absolute Gasteiger partial charge is 0.496 e. The molecule has 0 aliphatic carbocycles. The standard InChI is InChI=1S/C20H22FNO4/c1-14(20(24)22-13-15-7-10-17(21)11-8-15)26-19(23)12-9-16-5-3-4-6-18(16)25-2/h3-8,10-11,14H,9,12-13H2,1-2H3,(H,22,24)/t14-/m1/s1. The molecule has 6 heteroatoms. The van der Waals surface area contributed by atoms with E-state index in [2.05, 4.69) is 5.32 Å². The van der Waals surface area contributed by atoms with Gasteiger partial charge >= 0.3 is 5.97 Å². The summed E-state index contributed by atoms with van der Waals surface area (Å²) in [7, 11) is 1.57. The lowest BCUT2D eigenvalue weighted by molar-refractivity contribution is -0.154. The van der Waals surface area contributed by atoms with Gasteiger partial charge in [0.05, 0.1) is 7.11 Å². The molecule has 26 heavy (non-hydrogen) atoms. The Bertz CT molecular complexity index is 746. The maximum atomic E-state index is 12.8. The zero-order valence-corrected chi connectivity index (χ0v) is 14.8. The Balaban J connectivity index is 1.76. The average Bonchev–Trinajstić information content (AvgIpc) is 2.65. The number of ether oxygens (including phenoxy) is 2. The van der Waals surface area contributed by atoms with Crippen LogP contribution in [0.15, 0.2) is 48.5 Å². The molecule has 2 rings (SSSR count). The molecule has 0 aromatic heterocycles. The molecule has 2 aromatic carbocycles. The third kappa shape index (κ3) is 5.88. The minimum atomic E-state index is -0.902. The number of benzene rings is 2. The van der Waals surface area contributed by atoms with Crippen molar-refractivity contribution in [3.63, 3.8) is 0 Å². The van der Waals surface area contributed by atoms with Crippen LogP contribution in [0.2, 0.25) is 0 Å². The van der Waals surface area contributed by atoms with Crippen LogP contribution >= 0.6 is 0 Å². The molecule has 2 aromatic rings. The van der Waals surface area contributed by atoms with E-state index >= 15 is 0 Å². The number of esters is 1. The number of rotatable bonds is 8. The summed E-state index contributed by atoms with van der Waals surface area (Å²) in [6, 6.07) is 13.2. The van der Waals surface area contributed by atoms with Gasteiger partial charge in [-0.2, -0.15) is 0 Å². The Labute approximate surface area is 152 Å². The number of amides is 1. The number of carbonyl (C=O) groups excluding carboxylic acids is 2. The van der Waals surface area contributed by atoms with E-state index in [0.29, 0.717) is 12.2 Å². The molecule has 1 atom stereocenters. The van der Waals surface area contributed by atoms with Gasteiger partial charge in [-0.1, -0.05) is 30.3 Å². The van der Waals surface area contributed by atoms with Crippen molar-refractivity contribution >= 4 is 11.9 Å². The minimum Gasteiger partial charge on any atom is -0.496 e. The van der Waals surface area contributed by atoms with Crippen molar-refractivity contribution in [1.29, 1.82) is 0 Å². The number of para-hydroxylation sites is 1. The number of nitrogens with one attached hydrogen (secondary N) is 1. The van der Waals surface area contributed by atoms with E-state index in [1.54, 1.807) is 19.2 Å².